The summed E-state index contributed by atoms with van der Waals surface area (Å²) in [7, 11) is 0. The van der Waals surface area contributed by atoms with Gasteiger partial charge in [-0.15, -0.1) is 0 Å². The topological polar surface area (TPSA) is 35.5 Å². The first-order valence-corrected chi connectivity index (χ1v) is 7.11. The number of fused-ring (bicyclic) bond motifs is 1. The van der Waals surface area contributed by atoms with Crippen molar-refractivity contribution in [3.05, 3.63) is 29.8 Å². The van der Waals surface area contributed by atoms with Crippen molar-refractivity contribution in [3.8, 4) is 5.75 Å². The number of Topliss-reactive ketones (excluding diaryl/α,β-unsaturated/α-hetero) is 1. The predicted octanol–water partition coefficient (Wildman–Crippen LogP) is 2.94. The second-order valence-electron chi connectivity index (χ2n) is 5.60. The lowest BCUT2D eigenvalue weighted by atomic mass is 9.86. The van der Waals surface area contributed by atoms with E-state index in [-0.39, 0.29) is 17.8 Å². The van der Waals surface area contributed by atoms with Gasteiger partial charge in [0.05, 0.1) is 6.61 Å². The Morgan fingerprint density at radius 1 is 1.26 bits per heavy atom. The molecular formula is C16H20O3. The number of hydrogen-bond acceptors (Lipinski definition) is 3. The molecule has 3 atom stereocenters. The summed E-state index contributed by atoms with van der Waals surface area (Å²) in [4.78, 5) is 12.4. The molecule has 0 N–H and O–H groups in total. The number of ketones is 1. The Labute approximate surface area is 113 Å². The fourth-order valence-electron chi connectivity index (χ4n) is 3.09. The molecule has 2 heterocycles. The highest BCUT2D eigenvalue weighted by atomic mass is 16.5. The van der Waals surface area contributed by atoms with Crippen LogP contribution >= 0.6 is 0 Å². The van der Waals surface area contributed by atoms with Gasteiger partial charge < -0.3 is 9.47 Å². The quantitative estimate of drug-likeness (QED) is 0.838. The van der Waals surface area contributed by atoms with Crippen LogP contribution in [0.5, 0.6) is 5.75 Å². The Balaban J connectivity index is 1.72. The first kappa shape index (κ1) is 12.7. The third-order valence-electron chi connectivity index (χ3n) is 4.24. The van der Waals surface area contributed by atoms with Crippen molar-refractivity contribution in [2.75, 3.05) is 13.2 Å². The Kier molecular flexibility index (Phi) is 3.56. The summed E-state index contributed by atoms with van der Waals surface area (Å²) >= 11 is 0. The van der Waals surface area contributed by atoms with Crippen LogP contribution in [0.3, 0.4) is 0 Å². The molecule has 0 bridgehead atoms. The highest BCUT2D eigenvalue weighted by Gasteiger charge is 2.33. The maximum absolute atomic E-state index is 12.4. The number of benzene rings is 1. The van der Waals surface area contributed by atoms with Gasteiger partial charge in [0.1, 0.15) is 11.9 Å². The van der Waals surface area contributed by atoms with E-state index in [1.165, 1.54) is 5.56 Å². The van der Waals surface area contributed by atoms with Gasteiger partial charge >= 0.3 is 0 Å². The molecule has 0 spiro atoms. The van der Waals surface area contributed by atoms with Gasteiger partial charge in [-0.05, 0) is 36.3 Å². The van der Waals surface area contributed by atoms with Gasteiger partial charge in [0.15, 0.2) is 5.78 Å². The molecule has 3 nitrogen and oxygen atoms in total. The van der Waals surface area contributed by atoms with E-state index in [4.69, 9.17) is 9.47 Å². The van der Waals surface area contributed by atoms with Crippen molar-refractivity contribution in [3.63, 3.8) is 0 Å². The monoisotopic (exact) mass is 260 g/mol. The van der Waals surface area contributed by atoms with Gasteiger partial charge in [0, 0.05) is 13.0 Å². The van der Waals surface area contributed by atoms with Gasteiger partial charge in [-0.1, -0.05) is 25.1 Å². The van der Waals surface area contributed by atoms with Crippen molar-refractivity contribution < 1.29 is 14.3 Å². The number of hydrogen-bond donors (Lipinski definition) is 0. The Morgan fingerprint density at radius 3 is 2.89 bits per heavy atom. The summed E-state index contributed by atoms with van der Waals surface area (Å²) < 4.78 is 11.2. The molecule has 19 heavy (non-hydrogen) atoms. The van der Waals surface area contributed by atoms with E-state index in [1.54, 1.807) is 0 Å². The molecule has 1 saturated heterocycles. The lowest BCUT2D eigenvalue weighted by Crippen LogP contribution is -2.28. The fraction of sp³-hybridized carbons (Fsp3) is 0.562. The SMILES string of the molecule is CC1CCOC1C(=O)CC1CCOc2ccccc21. The average Bonchev–Trinajstić information content (AvgIpc) is 2.85. The van der Waals surface area contributed by atoms with Gasteiger partial charge in [-0.3, -0.25) is 4.79 Å². The summed E-state index contributed by atoms with van der Waals surface area (Å²) in [6, 6.07) is 8.05. The van der Waals surface area contributed by atoms with E-state index in [0.29, 0.717) is 18.9 Å². The molecule has 102 valence electrons. The average molecular weight is 260 g/mol. The van der Waals surface area contributed by atoms with Gasteiger partial charge in [-0.2, -0.15) is 0 Å². The Bertz CT molecular complexity index is 469. The summed E-state index contributed by atoms with van der Waals surface area (Å²) in [5.41, 5.74) is 1.17. The van der Waals surface area contributed by atoms with E-state index in [2.05, 4.69) is 13.0 Å². The first-order chi connectivity index (χ1) is 9.25. The van der Waals surface area contributed by atoms with Crippen molar-refractivity contribution in [1.29, 1.82) is 0 Å². The zero-order valence-corrected chi connectivity index (χ0v) is 11.3. The number of ether oxygens (including phenoxy) is 2. The van der Waals surface area contributed by atoms with Crippen molar-refractivity contribution in [1.82, 2.24) is 0 Å². The van der Waals surface area contributed by atoms with E-state index in [9.17, 15) is 4.79 Å². The smallest absolute Gasteiger partial charge is 0.162 e. The molecule has 0 radical (unpaired) electrons. The minimum absolute atomic E-state index is 0.185. The molecule has 2 aliphatic rings. The zero-order chi connectivity index (χ0) is 13.2. The maximum Gasteiger partial charge on any atom is 0.162 e. The maximum atomic E-state index is 12.4. The third kappa shape index (κ3) is 2.52. The lowest BCUT2D eigenvalue weighted by Gasteiger charge is -2.26. The first-order valence-electron chi connectivity index (χ1n) is 7.11. The Hall–Kier alpha value is -1.35. The van der Waals surface area contributed by atoms with E-state index < -0.39 is 0 Å². The van der Waals surface area contributed by atoms with Crippen molar-refractivity contribution in [2.24, 2.45) is 5.92 Å². The molecular weight excluding hydrogens is 240 g/mol. The largest absolute Gasteiger partial charge is 0.493 e. The summed E-state index contributed by atoms with van der Waals surface area (Å²) in [6.45, 7) is 3.53. The fourth-order valence-corrected chi connectivity index (χ4v) is 3.09. The van der Waals surface area contributed by atoms with Crippen LogP contribution in [-0.2, 0) is 9.53 Å². The van der Waals surface area contributed by atoms with Gasteiger partial charge in [0.2, 0.25) is 0 Å². The van der Waals surface area contributed by atoms with Crippen LogP contribution in [0.25, 0.3) is 0 Å². The molecule has 1 aromatic rings. The summed E-state index contributed by atoms with van der Waals surface area (Å²) in [5, 5.41) is 0. The standard InChI is InChI=1S/C16H20O3/c1-11-6-8-19-16(11)14(17)10-12-7-9-18-15-5-3-2-4-13(12)15/h2-5,11-12,16H,6-10H2,1H3. The zero-order valence-electron chi connectivity index (χ0n) is 11.3. The van der Waals surface area contributed by atoms with Gasteiger partial charge in [0.25, 0.3) is 0 Å². The van der Waals surface area contributed by atoms with Crippen LogP contribution in [0.4, 0.5) is 0 Å². The molecule has 3 unspecified atom stereocenters. The lowest BCUT2D eigenvalue weighted by molar-refractivity contribution is -0.129. The second kappa shape index (κ2) is 5.33. The van der Waals surface area contributed by atoms with Crippen LogP contribution in [0.2, 0.25) is 0 Å². The second-order valence-corrected chi connectivity index (χ2v) is 5.60. The third-order valence-corrected chi connectivity index (χ3v) is 4.24. The summed E-state index contributed by atoms with van der Waals surface area (Å²) in [5.74, 6) is 1.84. The molecule has 0 aromatic heterocycles. The van der Waals surface area contributed by atoms with Crippen LogP contribution < -0.4 is 4.74 Å². The molecule has 1 aromatic carbocycles. The van der Waals surface area contributed by atoms with Gasteiger partial charge in [-0.25, -0.2) is 0 Å². The van der Waals surface area contributed by atoms with Crippen LogP contribution in [0.15, 0.2) is 24.3 Å². The summed E-state index contributed by atoms with van der Waals surface area (Å²) in [6.07, 6.45) is 2.31. The highest BCUT2D eigenvalue weighted by Crippen LogP contribution is 2.36. The minimum Gasteiger partial charge on any atom is -0.493 e. The molecule has 3 heteroatoms. The minimum atomic E-state index is -0.185. The van der Waals surface area contributed by atoms with E-state index >= 15 is 0 Å². The highest BCUT2D eigenvalue weighted by molar-refractivity contribution is 5.84. The number of rotatable bonds is 3. The van der Waals surface area contributed by atoms with E-state index in [0.717, 1.165) is 25.2 Å². The molecule has 0 amide bonds. The van der Waals surface area contributed by atoms with Crippen LogP contribution in [-0.4, -0.2) is 25.1 Å². The molecule has 0 saturated carbocycles. The predicted molar refractivity (Wildman–Crippen MR) is 72.4 cm³/mol. The number of carbonyl (C=O) groups is 1. The molecule has 0 aliphatic carbocycles. The Morgan fingerprint density at radius 2 is 2.11 bits per heavy atom. The van der Waals surface area contributed by atoms with Crippen LogP contribution in [0.1, 0.15) is 37.7 Å². The molecule has 3 rings (SSSR count). The normalized spacial score (nSPS) is 29.6. The van der Waals surface area contributed by atoms with Crippen molar-refractivity contribution in [2.45, 2.75) is 38.2 Å². The number of para-hydroxylation sites is 1. The van der Waals surface area contributed by atoms with Crippen molar-refractivity contribution >= 4 is 5.78 Å². The number of carbonyl (C=O) groups excluding carboxylic acids is 1. The molecule has 2 aliphatic heterocycles. The van der Waals surface area contributed by atoms with E-state index in [1.807, 2.05) is 18.2 Å². The molecule has 1 fully saturated rings. The van der Waals surface area contributed by atoms with Crippen LogP contribution in [0, 0.1) is 5.92 Å².